The van der Waals surface area contributed by atoms with E-state index in [2.05, 4.69) is 42.5 Å². The third-order valence-electron chi connectivity index (χ3n) is 11.0. The minimum atomic E-state index is -1.39. The van der Waals surface area contributed by atoms with Crippen LogP contribution in [0.4, 0.5) is 22.0 Å². The molecule has 7 rings (SSSR count). The van der Waals surface area contributed by atoms with Crippen molar-refractivity contribution in [3.8, 4) is 28.7 Å². The van der Waals surface area contributed by atoms with Crippen LogP contribution in [0.15, 0.2) is 134 Å². The van der Waals surface area contributed by atoms with E-state index in [4.69, 9.17) is 60.7 Å². The largest absolute Gasteiger partial charge is 1.00 e. The molecule has 5 aromatic rings. The molecule has 0 saturated heterocycles. The molecule has 0 saturated carbocycles. The number of aliphatic hydroxyl groups excluding tert-OH is 1. The molecule has 0 amide bonds. The van der Waals surface area contributed by atoms with Crippen molar-refractivity contribution < 1.29 is 229 Å². The summed E-state index contributed by atoms with van der Waals surface area (Å²) < 4.78 is 97.7. The maximum absolute atomic E-state index is 13.8. The molecule has 0 radical (unpaired) electrons. The van der Waals surface area contributed by atoms with E-state index in [1.807, 2.05) is 41.5 Å². The number of carbonyl (C=O) groups excluding carboxylic acids is 4. The van der Waals surface area contributed by atoms with Crippen molar-refractivity contribution in [2.75, 3.05) is 32.8 Å². The summed E-state index contributed by atoms with van der Waals surface area (Å²) in [6.45, 7) is 34.6. The summed E-state index contributed by atoms with van der Waals surface area (Å²) in [4.78, 5) is 56.5. The molecule has 2 aliphatic rings. The number of rotatable bonds is 16. The average molecular weight is 1370 g/mol. The number of ether oxygens (including phenoxy) is 6. The van der Waals surface area contributed by atoms with Crippen LogP contribution in [0.1, 0.15) is 129 Å². The molecule has 2 heterocycles. The zero-order valence-corrected chi connectivity index (χ0v) is 60.6. The van der Waals surface area contributed by atoms with Crippen LogP contribution in [0, 0.1) is 29.1 Å². The number of aromatic hydroxyl groups is 2. The number of esters is 3. The van der Waals surface area contributed by atoms with Gasteiger partial charge in [-0.3, -0.25) is 4.79 Å². The summed E-state index contributed by atoms with van der Waals surface area (Å²) in [6.07, 6.45) is 1.36. The molecular weight excluding hydrogens is 1300 g/mol. The van der Waals surface area contributed by atoms with E-state index in [1.165, 1.54) is 43.5 Å². The Bertz CT molecular complexity index is 3360. The number of hydrogen-bond acceptors (Lipinski definition) is 16. The number of halogens is 6. The molecule has 0 fully saturated rings. The van der Waals surface area contributed by atoms with Crippen LogP contribution in [-0.4, -0.2) is 112 Å². The number of aliphatic hydroxyl groups is 1. The van der Waals surface area contributed by atoms with Gasteiger partial charge in [0, 0.05) is 41.0 Å². The van der Waals surface area contributed by atoms with Crippen molar-refractivity contribution >= 4 is 59.3 Å². The maximum atomic E-state index is 13.8. The Balaban J connectivity index is -0.000000247. The van der Waals surface area contributed by atoms with Gasteiger partial charge in [0.15, 0.2) is 17.4 Å². The second kappa shape index (κ2) is 46.5. The zero-order chi connectivity index (χ0) is 67.4. The second-order valence-electron chi connectivity index (χ2n) is 20.9. The number of carbonyl (C=O) groups is 5. The first-order valence-corrected chi connectivity index (χ1v) is 26.7. The molecule has 4 N–H and O–H groups in total. The van der Waals surface area contributed by atoms with Crippen LogP contribution < -0.4 is 141 Å². The van der Waals surface area contributed by atoms with Gasteiger partial charge in [0.25, 0.3) is 6.47 Å². The molecule has 0 bridgehead atoms. The first-order valence-electron chi connectivity index (χ1n) is 26.2. The molecule has 2 aliphatic heterocycles. The smallest absolute Gasteiger partial charge is 1.00 e. The van der Waals surface area contributed by atoms with Gasteiger partial charge < -0.3 is 61.8 Å². The number of carboxylic acids is 1. The first kappa shape index (κ1) is 93.8. The van der Waals surface area contributed by atoms with Crippen molar-refractivity contribution in [1.29, 1.82) is 0 Å². The number of allylic oxidation sites excluding steroid dienone is 2. The van der Waals surface area contributed by atoms with Crippen molar-refractivity contribution in [2.24, 2.45) is 0 Å². The number of hydrogen-bond donors (Lipinski definition) is 4. The number of aromatic carboxylic acids is 1. The molecule has 17 nitrogen and oxygen atoms in total. The van der Waals surface area contributed by atoms with Gasteiger partial charge in [-0.1, -0.05) is 44.0 Å². The first-order chi connectivity index (χ1) is 41.0. The van der Waals surface area contributed by atoms with Crippen molar-refractivity contribution in [1.82, 2.24) is 0 Å². The fraction of sp³-hybridized carbons (Fsp3) is 0.308. The van der Waals surface area contributed by atoms with E-state index in [9.17, 15) is 46.2 Å². The summed E-state index contributed by atoms with van der Waals surface area (Å²) >= 11 is 5.24. The fourth-order valence-electron chi connectivity index (χ4n) is 7.29. The van der Waals surface area contributed by atoms with Crippen LogP contribution >= 0.6 is 11.6 Å². The Kier molecular flexibility index (Phi) is 47.4. The number of phenols is 2. The number of phenolic OH excluding ortho intramolecular Hbond substituents is 2. The number of carboxylic acid groups (broad SMARTS) is 1. The standard InChI is InChI=1S/2C15H17FO3.C12H13FO3.C11H13FO2.C7H5FO3.C4H7Cl.CH2O3.Al.2K.Li.5H/c1-10(2)8-18-12-5-6-14(16)13(7-12)15(17)19-9-11(3)4;1-9(2)7-11-13(17)6-5-12(16)14(11)15(18)19-8-10(3)4;1-12(2)6-7-9(16-12)5-4-8(13)10(7)11(14)15-3;1-11(2)5-7-8(6-13)9(12)3-4-10(7)14-11;8-6-2-1-4(9)3-5(6)7(10)11;1-4(2)3-5;2-1-4-3;;;;;;;;;/h5-7H,1,3,8-9H2,2,4H3;5-6,17H,1,3,7-8H2,2,4H3;4-5H,6H2,1-3H3;3-4,13H,5-6H2,1-2H3;1-3,9H,(H,10,11);1,3H2,2H3;1,3H;;;;;;;;;/q;;;;;;;;3*+1;;;;2*-1/p-1. The van der Waals surface area contributed by atoms with E-state index in [1.54, 1.807) is 32.9 Å². The molecule has 488 valence electrons. The number of benzene rings is 5. The Hall–Kier alpha value is -4.59. The SMILES string of the molecule is C=C(C)CCl.C=C(C)COC(=O)c1c(F)ccc(O)c1CC(=C)C.C=C(C)COC(=O)c1cc(OCC(=C)C)ccc1F.CC1(C)Cc2c(ccc(F)c2CO)O1.COC(=O)c1c(F)ccc2c1CC(C)(C)O2.O=C(O)c1cc(O)ccc1F.O=CO[O-].[AlH3].[H-].[H-].[K+].[K+].[Li+]. The minimum absolute atomic E-state index is 0. The third-order valence-corrected chi connectivity index (χ3v) is 11.4. The van der Waals surface area contributed by atoms with Crippen LogP contribution in [0.25, 0.3) is 0 Å². The van der Waals surface area contributed by atoms with Gasteiger partial charge in [-0.05, 0) is 158 Å². The number of fused-ring (bicyclic) bond motifs is 2. The van der Waals surface area contributed by atoms with Gasteiger partial charge in [0.2, 0.25) is 0 Å². The van der Waals surface area contributed by atoms with Crippen molar-refractivity contribution in [3.05, 3.63) is 207 Å². The van der Waals surface area contributed by atoms with Crippen molar-refractivity contribution in [2.45, 2.75) is 99.4 Å². The van der Waals surface area contributed by atoms with E-state index in [0.717, 1.165) is 41.0 Å². The Morgan fingerprint density at radius 3 is 1.51 bits per heavy atom. The van der Waals surface area contributed by atoms with E-state index >= 15 is 0 Å². The third kappa shape index (κ3) is 33.7. The van der Waals surface area contributed by atoms with Crippen LogP contribution in [0.2, 0.25) is 0 Å². The van der Waals surface area contributed by atoms with Gasteiger partial charge in [0.1, 0.15) is 100.0 Å². The topological polar surface area (TPSA) is 254 Å². The maximum Gasteiger partial charge on any atom is 1.00 e. The van der Waals surface area contributed by atoms with Gasteiger partial charge >= 0.3 is 146 Å². The quantitative estimate of drug-likeness (QED) is 0.0128. The molecular formula is C65H78AlClF5K2LiO17. The fourth-order valence-corrected chi connectivity index (χ4v) is 7.29. The molecule has 0 aromatic heterocycles. The van der Waals surface area contributed by atoms with Gasteiger partial charge in [-0.25, -0.2) is 41.1 Å². The summed E-state index contributed by atoms with van der Waals surface area (Å²) in [5, 5.41) is 44.3. The zero-order valence-electron chi connectivity index (χ0n) is 55.6. The predicted molar refractivity (Wildman–Crippen MR) is 330 cm³/mol. The summed E-state index contributed by atoms with van der Waals surface area (Å²) in [6, 6.07) is 14.8. The number of alkyl halides is 1. The normalized spacial score (nSPS) is 11.5. The monoisotopic (exact) mass is 1370 g/mol. The van der Waals surface area contributed by atoms with Gasteiger partial charge in [0.05, 0.1) is 24.8 Å². The molecule has 92 heavy (non-hydrogen) atoms. The van der Waals surface area contributed by atoms with E-state index < -0.39 is 58.3 Å². The Morgan fingerprint density at radius 2 is 1.07 bits per heavy atom. The predicted octanol–water partition coefficient (Wildman–Crippen LogP) is 2.77. The molecule has 0 aliphatic carbocycles. The van der Waals surface area contributed by atoms with Crippen LogP contribution in [0.5, 0.6) is 28.7 Å². The van der Waals surface area contributed by atoms with Crippen molar-refractivity contribution in [3.63, 3.8) is 0 Å². The summed E-state index contributed by atoms with van der Waals surface area (Å²) in [5.41, 5.74) is 4.22. The van der Waals surface area contributed by atoms with Crippen LogP contribution in [0.3, 0.4) is 0 Å². The van der Waals surface area contributed by atoms with Gasteiger partial charge in [-0.2, -0.15) is 0 Å². The molecule has 5 aromatic carbocycles. The Labute approximate surface area is 649 Å². The second-order valence-corrected chi connectivity index (χ2v) is 21.2. The molecule has 0 spiro atoms. The average Bonchev–Trinajstić information content (AvgIpc) is 1.62. The number of methoxy groups -OCH3 is 1. The van der Waals surface area contributed by atoms with Gasteiger partial charge in [-0.15, -0.1) is 11.6 Å². The van der Waals surface area contributed by atoms with E-state index in [-0.39, 0.29) is 220 Å². The molecule has 27 heteroatoms. The summed E-state index contributed by atoms with van der Waals surface area (Å²) in [7, 11) is 1.24. The molecule has 0 atom stereocenters. The minimum Gasteiger partial charge on any atom is -1.00 e. The summed E-state index contributed by atoms with van der Waals surface area (Å²) in [5.74, 6) is -4.90. The molecule has 0 unspecified atom stereocenters. The Morgan fingerprint density at radius 1 is 0.630 bits per heavy atom. The van der Waals surface area contributed by atoms with Crippen LogP contribution in [-0.2, 0) is 49.8 Å². The van der Waals surface area contributed by atoms with E-state index in [0.29, 0.717) is 70.4 Å².